The minimum atomic E-state index is -1.15. The number of rotatable bonds is 6. The molecule has 1 aliphatic heterocycles. The summed E-state index contributed by atoms with van der Waals surface area (Å²) in [5.41, 5.74) is 1.70. The van der Waals surface area contributed by atoms with Crippen molar-refractivity contribution in [3.63, 3.8) is 0 Å². The number of nitrogens with one attached hydrogen (secondary N) is 2. The molecule has 1 aromatic carbocycles. The van der Waals surface area contributed by atoms with Gasteiger partial charge in [0.2, 0.25) is 0 Å². The van der Waals surface area contributed by atoms with E-state index in [4.69, 9.17) is 9.47 Å². The summed E-state index contributed by atoms with van der Waals surface area (Å²) >= 11 is 0. The van der Waals surface area contributed by atoms with E-state index in [1.807, 2.05) is 13.8 Å². The maximum Gasteiger partial charge on any atom is 0.336 e. The fourth-order valence-electron chi connectivity index (χ4n) is 3.22. The molecule has 28 heavy (non-hydrogen) atoms. The first-order chi connectivity index (χ1) is 13.2. The minimum absolute atomic E-state index is 0.00515. The number of benzene rings is 1. The Morgan fingerprint density at radius 1 is 1.18 bits per heavy atom. The number of hydrogen-bond acceptors (Lipinski definition) is 7. The summed E-state index contributed by atoms with van der Waals surface area (Å²) in [4.78, 5) is 25.4. The number of allylic oxidation sites excluding steroid dienone is 2. The van der Waals surface area contributed by atoms with Crippen LogP contribution < -0.4 is 10.5 Å². The number of esters is 2. The molecule has 0 saturated heterocycles. The molecule has 0 spiro atoms. The Hall–Kier alpha value is -2.68. The SMILES string of the molecule is COC(=O)C1=C(C)NC(C)=C(C(=O)OCC(C)C)[C@H]1c1ccccc1[NH+]([O-])O. The summed E-state index contributed by atoms with van der Waals surface area (Å²) in [6.07, 6.45) is 0. The van der Waals surface area contributed by atoms with Crippen LogP contribution in [0, 0.1) is 11.1 Å². The van der Waals surface area contributed by atoms with Gasteiger partial charge in [-0.1, -0.05) is 32.0 Å². The monoisotopic (exact) mass is 390 g/mol. The Morgan fingerprint density at radius 3 is 2.29 bits per heavy atom. The lowest BCUT2D eigenvalue weighted by Crippen LogP contribution is -2.99. The Labute approximate surface area is 164 Å². The quantitative estimate of drug-likeness (QED) is 0.500. The molecular weight excluding hydrogens is 364 g/mol. The molecule has 0 saturated carbocycles. The number of carbonyl (C=O) groups excluding carboxylic acids is 2. The molecule has 1 aliphatic rings. The summed E-state index contributed by atoms with van der Waals surface area (Å²) in [5, 5.41) is 23.3. The fourth-order valence-corrected chi connectivity index (χ4v) is 3.22. The third-order valence-corrected chi connectivity index (χ3v) is 4.44. The molecular formula is C20H26N2O6. The summed E-state index contributed by atoms with van der Waals surface area (Å²) < 4.78 is 10.3. The van der Waals surface area contributed by atoms with Crippen LogP contribution in [0.3, 0.4) is 0 Å². The Bertz CT molecular complexity index is 826. The predicted molar refractivity (Wildman–Crippen MR) is 101 cm³/mol. The second-order valence-electron chi connectivity index (χ2n) is 7.01. The second kappa shape index (κ2) is 9.01. The molecule has 0 amide bonds. The van der Waals surface area contributed by atoms with E-state index >= 15 is 0 Å². The zero-order valence-electron chi connectivity index (χ0n) is 16.7. The van der Waals surface area contributed by atoms with E-state index < -0.39 is 23.1 Å². The third-order valence-electron chi connectivity index (χ3n) is 4.44. The van der Waals surface area contributed by atoms with Crippen molar-refractivity contribution in [2.45, 2.75) is 33.6 Å². The third kappa shape index (κ3) is 4.41. The number of hydrogen-bond donors (Lipinski definition) is 3. The van der Waals surface area contributed by atoms with Gasteiger partial charge in [0.25, 0.3) is 0 Å². The average molecular weight is 390 g/mol. The van der Waals surface area contributed by atoms with Crippen molar-refractivity contribution < 1.29 is 29.5 Å². The van der Waals surface area contributed by atoms with Crippen LogP contribution in [0.1, 0.15) is 39.2 Å². The van der Waals surface area contributed by atoms with Crippen molar-refractivity contribution in [2.75, 3.05) is 13.7 Å². The van der Waals surface area contributed by atoms with Crippen LogP contribution >= 0.6 is 0 Å². The zero-order valence-corrected chi connectivity index (χ0v) is 16.7. The zero-order chi connectivity index (χ0) is 21.0. The molecule has 8 nitrogen and oxygen atoms in total. The van der Waals surface area contributed by atoms with Gasteiger partial charge in [0, 0.05) is 23.0 Å². The normalized spacial score (nSPS) is 18.1. The molecule has 1 unspecified atom stereocenters. The first-order valence-corrected chi connectivity index (χ1v) is 8.95. The molecule has 3 N–H and O–H groups in total. The lowest BCUT2D eigenvalue weighted by Gasteiger charge is -2.31. The molecule has 0 radical (unpaired) electrons. The van der Waals surface area contributed by atoms with Gasteiger partial charge in [-0.05, 0) is 19.8 Å². The summed E-state index contributed by atoms with van der Waals surface area (Å²) in [6, 6.07) is 6.30. The topological polar surface area (TPSA) is 112 Å². The highest BCUT2D eigenvalue weighted by Crippen LogP contribution is 2.41. The lowest BCUT2D eigenvalue weighted by molar-refractivity contribution is -0.991. The van der Waals surface area contributed by atoms with Gasteiger partial charge in [0.1, 0.15) is 0 Å². The average Bonchev–Trinajstić information content (AvgIpc) is 2.64. The number of methoxy groups -OCH3 is 1. The number of ether oxygens (including phenoxy) is 2. The summed E-state index contributed by atoms with van der Waals surface area (Å²) in [6.45, 7) is 7.41. The molecule has 1 aromatic rings. The van der Waals surface area contributed by atoms with Crippen LogP contribution in [0.2, 0.25) is 0 Å². The Kier molecular flexibility index (Phi) is 6.95. The smallest absolute Gasteiger partial charge is 0.336 e. The Morgan fingerprint density at radius 2 is 1.75 bits per heavy atom. The van der Waals surface area contributed by atoms with Gasteiger partial charge in [-0.15, -0.1) is 0 Å². The van der Waals surface area contributed by atoms with Crippen molar-refractivity contribution in [3.05, 3.63) is 57.6 Å². The molecule has 0 bridgehead atoms. The van der Waals surface area contributed by atoms with Crippen LogP contribution in [-0.2, 0) is 19.1 Å². The second-order valence-corrected chi connectivity index (χ2v) is 7.01. The molecule has 1 heterocycles. The molecule has 0 fully saturated rings. The number of carbonyl (C=O) groups is 2. The highest BCUT2D eigenvalue weighted by Gasteiger charge is 2.39. The van der Waals surface area contributed by atoms with Crippen LogP contribution in [0.5, 0.6) is 0 Å². The minimum Gasteiger partial charge on any atom is -0.595 e. The van der Waals surface area contributed by atoms with Crippen LogP contribution in [-0.4, -0.2) is 30.9 Å². The van der Waals surface area contributed by atoms with E-state index in [1.54, 1.807) is 32.0 Å². The first kappa shape index (κ1) is 21.6. The van der Waals surface area contributed by atoms with Crippen LogP contribution in [0.15, 0.2) is 46.8 Å². The molecule has 8 heteroatoms. The maximum absolute atomic E-state index is 12.9. The van der Waals surface area contributed by atoms with Gasteiger partial charge in [-0.25, -0.2) is 14.8 Å². The lowest BCUT2D eigenvalue weighted by atomic mass is 9.79. The number of quaternary nitrogens is 1. The largest absolute Gasteiger partial charge is 0.595 e. The number of dihydropyridines is 1. The molecule has 2 rings (SSSR count). The van der Waals surface area contributed by atoms with Crippen molar-refractivity contribution in [1.29, 1.82) is 0 Å². The van der Waals surface area contributed by atoms with E-state index in [1.165, 1.54) is 13.2 Å². The van der Waals surface area contributed by atoms with Crippen molar-refractivity contribution >= 4 is 17.6 Å². The molecule has 0 aliphatic carbocycles. The summed E-state index contributed by atoms with van der Waals surface area (Å²) in [5.74, 6) is -2.03. The van der Waals surface area contributed by atoms with E-state index in [-0.39, 0.29) is 29.4 Å². The van der Waals surface area contributed by atoms with Gasteiger partial charge in [-0.3, -0.25) is 0 Å². The van der Waals surface area contributed by atoms with Gasteiger partial charge < -0.3 is 20.0 Å². The maximum atomic E-state index is 12.9. The summed E-state index contributed by atoms with van der Waals surface area (Å²) in [7, 11) is 1.24. The van der Waals surface area contributed by atoms with E-state index in [0.29, 0.717) is 17.0 Å². The molecule has 0 aromatic heterocycles. The van der Waals surface area contributed by atoms with Crippen LogP contribution in [0.25, 0.3) is 0 Å². The highest BCUT2D eigenvalue weighted by molar-refractivity contribution is 6.00. The van der Waals surface area contributed by atoms with Crippen LogP contribution in [0.4, 0.5) is 5.69 Å². The van der Waals surface area contributed by atoms with Gasteiger partial charge in [0.05, 0.1) is 30.8 Å². The van der Waals surface area contributed by atoms with Gasteiger partial charge >= 0.3 is 11.9 Å². The van der Waals surface area contributed by atoms with E-state index in [2.05, 4.69) is 5.32 Å². The van der Waals surface area contributed by atoms with Crippen molar-refractivity contribution in [3.8, 4) is 0 Å². The Balaban J connectivity index is 2.67. The molecule has 152 valence electrons. The van der Waals surface area contributed by atoms with E-state index in [9.17, 15) is 20.0 Å². The molecule has 2 atom stereocenters. The van der Waals surface area contributed by atoms with Crippen molar-refractivity contribution in [2.24, 2.45) is 5.92 Å². The number of para-hydroxylation sites is 1. The predicted octanol–water partition coefficient (Wildman–Crippen LogP) is 1.70. The van der Waals surface area contributed by atoms with E-state index in [0.717, 1.165) is 0 Å². The van der Waals surface area contributed by atoms with Crippen molar-refractivity contribution in [1.82, 2.24) is 5.32 Å². The highest BCUT2D eigenvalue weighted by atomic mass is 16.8. The van der Waals surface area contributed by atoms with Gasteiger partial charge in [0.15, 0.2) is 5.69 Å². The first-order valence-electron chi connectivity index (χ1n) is 8.95. The van der Waals surface area contributed by atoms with Gasteiger partial charge in [-0.2, -0.15) is 5.23 Å². The standard InChI is InChI=1S/C20H26N2O6/c1-11(2)10-28-20(24)17-13(4)21-12(3)16(19(23)27-5)18(17)14-8-6-7-9-15(14)22(25)26/h6-9,11,18,21-22,25H,10H2,1-5H3/t18-/m0/s1. The fraction of sp³-hybridized carbons (Fsp3) is 0.400.